The minimum absolute atomic E-state index is 0.424. The van der Waals surface area contributed by atoms with Gasteiger partial charge in [0, 0.05) is 59.5 Å². The molecule has 5 rings (SSSR count). The normalized spacial score (nSPS) is 11.2. The first kappa shape index (κ1) is 18.7. The van der Waals surface area contributed by atoms with E-state index in [-0.39, 0.29) is 0 Å². The lowest BCUT2D eigenvalue weighted by Crippen LogP contribution is -1.99. The zero-order valence-corrected chi connectivity index (χ0v) is 17.3. The second kappa shape index (κ2) is 7.48. The summed E-state index contributed by atoms with van der Waals surface area (Å²) in [5.41, 5.74) is 6.15. The Balaban J connectivity index is 1.94. The van der Waals surface area contributed by atoms with Gasteiger partial charge in [-0.25, -0.2) is 15.0 Å². The van der Waals surface area contributed by atoms with Crippen molar-refractivity contribution in [3.63, 3.8) is 0 Å². The molecule has 0 aromatic carbocycles. The van der Waals surface area contributed by atoms with E-state index in [1.54, 1.807) is 41.6 Å². The first-order valence-corrected chi connectivity index (χ1v) is 9.87. The van der Waals surface area contributed by atoms with E-state index in [9.17, 15) is 0 Å². The molecule has 0 amide bonds. The molecule has 30 heavy (non-hydrogen) atoms. The Bertz CT molecular complexity index is 1350. The van der Waals surface area contributed by atoms with Crippen LogP contribution in [0.2, 0.25) is 10.3 Å². The number of aromatic nitrogens is 6. The lowest BCUT2D eigenvalue weighted by atomic mass is 9.91. The number of rotatable bonds is 3. The summed E-state index contributed by atoms with van der Waals surface area (Å²) < 4.78 is 1.76. The highest BCUT2D eigenvalue weighted by molar-refractivity contribution is 6.29. The van der Waals surface area contributed by atoms with Crippen LogP contribution in [0, 0.1) is 0 Å². The molecule has 0 aliphatic heterocycles. The molecular formula is C22H14Cl2N6. The number of pyridine rings is 4. The number of aryl methyl sites for hydroxylation is 1. The molecule has 0 fully saturated rings. The topological polar surface area (TPSA) is 69.4 Å². The van der Waals surface area contributed by atoms with E-state index in [1.165, 1.54) is 0 Å². The van der Waals surface area contributed by atoms with Crippen molar-refractivity contribution in [2.24, 2.45) is 7.05 Å². The second-order valence-corrected chi connectivity index (χ2v) is 7.47. The fourth-order valence-electron chi connectivity index (χ4n) is 3.50. The van der Waals surface area contributed by atoms with Crippen LogP contribution in [0.25, 0.3) is 44.5 Å². The number of hydrogen-bond acceptors (Lipinski definition) is 5. The van der Waals surface area contributed by atoms with Gasteiger partial charge in [-0.2, -0.15) is 5.10 Å². The zero-order valence-electron chi connectivity index (χ0n) is 15.8. The quantitative estimate of drug-likeness (QED) is 0.354. The minimum atomic E-state index is 0.424. The van der Waals surface area contributed by atoms with Crippen molar-refractivity contribution in [1.82, 2.24) is 29.7 Å². The molecule has 0 saturated heterocycles. The largest absolute Gasteiger partial charge is 0.265 e. The third kappa shape index (κ3) is 3.20. The number of fused-ring (bicyclic) bond motifs is 1. The van der Waals surface area contributed by atoms with Gasteiger partial charge in [0.25, 0.3) is 0 Å². The molecule has 0 radical (unpaired) electrons. The summed E-state index contributed by atoms with van der Waals surface area (Å²) in [7, 11) is 1.87. The van der Waals surface area contributed by atoms with E-state index in [1.807, 2.05) is 37.5 Å². The van der Waals surface area contributed by atoms with Crippen LogP contribution in [-0.4, -0.2) is 29.7 Å². The molecule has 146 valence electrons. The maximum atomic E-state index is 6.05. The van der Waals surface area contributed by atoms with E-state index >= 15 is 0 Å². The van der Waals surface area contributed by atoms with E-state index in [0.717, 1.165) is 44.5 Å². The molecule has 5 aromatic heterocycles. The van der Waals surface area contributed by atoms with Crippen LogP contribution in [-0.2, 0) is 7.05 Å². The van der Waals surface area contributed by atoms with Gasteiger partial charge in [-0.05, 0) is 42.0 Å². The van der Waals surface area contributed by atoms with Crippen molar-refractivity contribution < 1.29 is 0 Å². The summed E-state index contributed by atoms with van der Waals surface area (Å²) >= 11 is 12.1. The molecule has 0 spiro atoms. The molecular weight excluding hydrogens is 419 g/mol. The van der Waals surface area contributed by atoms with E-state index in [0.29, 0.717) is 10.3 Å². The number of hydrogen-bond donors (Lipinski definition) is 0. The molecule has 5 aromatic rings. The van der Waals surface area contributed by atoms with Crippen LogP contribution in [0.1, 0.15) is 0 Å². The molecule has 0 unspecified atom stereocenters. The van der Waals surface area contributed by atoms with E-state index in [4.69, 9.17) is 28.2 Å². The molecule has 5 heterocycles. The Morgan fingerprint density at radius 3 is 2.03 bits per heavy atom. The highest BCUT2D eigenvalue weighted by atomic mass is 35.5. The Morgan fingerprint density at radius 2 is 1.40 bits per heavy atom. The second-order valence-electron chi connectivity index (χ2n) is 6.69. The summed E-state index contributed by atoms with van der Waals surface area (Å²) in [6.45, 7) is 0. The van der Waals surface area contributed by atoms with Gasteiger partial charge in [-0.3, -0.25) is 9.67 Å². The Hall–Kier alpha value is -3.35. The molecule has 0 saturated carbocycles. The van der Waals surface area contributed by atoms with Crippen molar-refractivity contribution in [2.75, 3.05) is 0 Å². The molecule has 0 aliphatic rings. The molecule has 6 nitrogen and oxygen atoms in total. The van der Waals surface area contributed by atoms with Gasteiger partial charge in [0.05, 0.1) is 11.9 Å². The molecule has 0 aliphatic carbocycles. The van der Waals surface area contributed by atoms with Crippen LogP contribution in [0.5, 0.6) is 0 Å². The van der Waals surface area contributed by atoms with Crippen LogP contribution in [0.15, 0.2) is 67.4 Å². The Kier molecular flexibility index (Phi) is 4.65. The SMILES string of the molecule is Cn1ncc2c(-c3ccc(Cl)nc3)c(-c3ccncc3)c(-c3ccc(Cl)nc3)nc21. The number of nitrogens with zero attached hydrogens (tertiary/aromatic N) is 6. The summed E-state index contributed by atoms with van der Waals surface area (Å²) in [6, 6.07) is 11.3. The van der Waals surface area contributed by atoms with Gasteiger partial charge in [-0.1, -0.05) is 23.2 Å². The third-order valence-corrected chi connectivity index (χ3v) is 5.31. The highest BCUT2D eigenvalue weighted by Crippen LogP contribution is 2.42. The standard InChI is InChI=1S/C22H14Cl2N6/c1-30-22-16(12-28-30)19(14-2-4-17(23)26-10-14)20(13-6-8-25-9-7-13)21(29-22)15-3-5-18(24)27-11-15/h2-12H,1H3. The van der Waals surface area contributed by atoms with E-state index in [2.05, 4.69) is 20.1 Å². The highest BCUT2D eigenvalue weighted by Gasteiger charge is 2.22. The Morgan fingerprint density at radius 1 is 0.733 bits per heavy atom. The predicted octanol–water partition coefficient (Wildman–Crippen LogP) is 5.46. The van der Waals surface area contributed by atoms with Crippen LogP contribution >= 0.6 is 23.2 Å². The van der Waals surface area contributed by atoms with Crippen LogP contribution < -0.4 is 0 Å². The summed E-state index contributed by atoms with van der Waals surface area (Å²) in [6.07, 6.45) is 8.83. The average molecular weight is 433 g/mol. The fraction of sp³-hybridized carbons (Fsp3) is 0.0455. The lowest BCUT2D eigenvalue weighted by Gasteiger charge is -2.16. The van der Waals surface area contributed by atoms with Crippen molar-refractivity contribution in [3.8, 4) is 33.5 Å². The smallest absolute Gasteiger partial charge is 0.158 e. The summed E-state index contributed by atoms with van der Waals surface area (Å²) in [5, 5.41) is 6.21. The van der Waals surface area contributed by atoms with Gasteiger partial charge in [-0.15, -0.1) is 0 Å². The van der Waals surface area contributed by atoms with Crippen molar-refractivity contribution in [3.05, 3.63) is 77.7 Å². The van der Waals surface area contributed by atoms with Crippen LogP contribution in [0.4, 0.5) is 0 Å². The minimum Gasteiger partial charge on any atom is -0.265 e. The first-order chi connectivity index (χ1) is 14.6. The Labute approximate surface area is 182 Å². The monoisotopic (exact) mass is 432 g/mol. The zero-order chi connectivity index (χ0) is 20.7. The van der Waals surface area contributed by atoms with E-state index < -0.39 is 0 Å². The summed E-state index contributed by atoms with van der Waals surface area (Å²) in [5.74, 6) is 0. The van der Waals surface area contributed by atoms with Crippen molar-refractivity contribution in [2.45, 2.75) is 0 Å². The van der Waals surface area contributed by atoms with Gasteiger partial charge in [0.15, 0.2) is 5.65 Å². The molecule has 0 atom stereocenters. The molecule has 0 N–H and O–H groups in total. The van der Waals surface area contributed by atoms with Gasteiger partial charge >= 0.3 is 0 Å². The van der Waals surface area contributed by atoms with Crippen molar-refractivity contribution in [1.29, 1.82) is 0 Å². The predicted molar refractivity (Wildman–Crippen MR) is 118 cm³/mol. The lowest BCUT2D eigenvalue weighted by molar-refractivity contribution is 0.787. The summed E-state index contributed by atoms with van der Waals surface area (Å²) in [4.78, 5) is 17.7. The molecule has 0 bridgehead atoms. The maximum absolute atomic E-state index is 6.05. The maximum Gasteiger partial charge on any atom is 0.158 e. The number of halogens is 2. The van der Waals surface area contributed by atoms with Gasteiger partial charge < -0.3 is 0 Å². The van der Waals surface area contributed by atoms with Crippen LogP contribution in [0.3, 0.4) is 0 Å². The molecule has 8 heteroatoms. The fourth-order valence-corrected chi connectivity index (χ4v) is 3.73. The average Bonchev–Trinajstić information content (AvgIpc) is 3.15. The van der Waals surface area contributed by atoms with Gasteiger partial charge in [0.2, 0.25) is 0 Å². The van der Waals surface area contributed by atoms with Crippen molar-refractivity contribution >= 4 is 34.2 Å². The van der Waals surface area contributed by atoms with Gasteiger partial charge in [0.1, 0.15) is 10.3 Å². The first-order valence-electron chi connectivity index (χ1n) is 9.12. The third-order valence-electron chi connectivity index (χ3n) is 4.87.